The maximum atomic E-state index is 12.2. The van der Waals surface area contributed by atoms with Crippen LogP contribution in [0.25, 0.3) is 0 Å². The minimum atomic E-state index is -0.343. The van der Waals surface area contributed by atoms with Crippen molar-refractivity contribution < 1.29 is 14.3 Å². The fraction of sp³-hybridized carbons (Fsp3) is 0.0909. The van der Waals surface area contributed by atoms with E-state index in [4.69, 9.17) is 16.3 Å². The van der Waals surface area contributed by atoms with Crippen LogP contribution in [0.15, 0.2) is 72.8 Å². The maximum Gasteiger partial charge on any atom is 0.251 e. The molecule has 0 saturated carbocycles. The van der Waals surface area contributed by atoms with Crippen LogP contribution in [-0.2, 0) is 4.79 Å². The lowest BCUT2D eigenvalue weighted by Gasteiger charge is -2.10. The van der Waals surface area contributed by atoms with Gasteiger partial charge in [-0.3, -0.25) is 9.59 Å². The van der Waals surface area contributed by atoms with E-state index in [2.05, 4.69) is 10.6 Å². The van der Waals surface area contributed by atoms with Gasteiger partial charge in [0, 0.05) is 16.3 Å². The molecular formula is C22H19ClN2O3. The van der Waals surface area contributed by atoms with Crippen LogP contribution in [0.3, 0.4) is 0 Å². The van der Waals surface area contributed by atoms with Gasteiger partial charge in [0.05, 0.1) is 6.54 Å². The fourth-order valence-electron chi connectivity index (χ4n) is 2.48. The molecule has 5 nitrogen and oxygen atoms in total. The highest BCUT2D eigenvalue weighted by Crippen LogP contribution is 2.21. The van der Waals surface area contributed by atoms with Gasteiger partial charge in [-0.1, -0.05) is 35.9 Å². The van der Waals surface area contributed by atoms with Crippen molar-refractivity contribution in [2.45, 2.75) is 6.92 Å². The number of hydrogen-bond donors (Lipinski definition) is 2. The first kappa shape index (κ1) is 19.5. The Morgan fingerprint density at radius 3 is 2.32 bits per heavy atom. The molecule has 0 radical (unpaired) electrons. The van der Waals surface area contributed by atoms with Crippen LogP contribution in [0.1, 0.15) is 15.9 Å². The van der Waals surface area contributed by atoms with Crippen LogP contribution < -0.4 is 15.4 Å². The van der Waals surface area contributed by atoms with Crippen molar-refractivity contribution in [3.63, 3.8) is 0 Å². The molecule has 0 atom stereocenters. The molecule has 0 bridgehead atoms. The quantitative estimate of drug-likeness (QED) is 0.630. The van der Waals surface area contributed by atoms with Crippen molar-refractivity contribution in [3.8, 4) is 11.5 Å². The van der Waals surface area contributed by atoms with Crippen molar-refractivity contribution in [1.29, 1.82) is 0 Å². The predicted octanol–water partition coefficient (Wildman–Crippen LogP) is 4.81. The Labute approximate surface area is 168 Å². The number of rotatable bonds is 6. The van der Waals surface area contributed by atoms with Crippen LogP contribution in [0.4, 0.5) is 5.69 Å². The Morgan fingerprint density at radius 1 is 0.929 bits per heavy atom. The van der Waals surface area contributed by atoms with Crippen molar-refractivity contribution in [3.05, 3.63) is 88.9 Å². The third kappa shape index (κ3) is 5.34. The molecule has 6 heteroatoms. The van der Waals surface area contributed by atoms with Crippen molar-refractivity contribution >= 4 is 29.1 Å². The molecule has 0 unspecified atom stereocenters. The Balaban J connectivity index is 1.53. The summed E-state index contributed by atoms with van der Waals surface area (Å²) in [6.07, 6.45) is 0. The Morgan fingerprint density at radius 2 is 1.61 bits per heavy atom. The highest BCUT2D eigenvalue weighted by Gasteiger charge is 2.10. The zero-order chi connectivity index (χ0) is 19.9. The Hall–Kier alpha value is -3.31. The molecule has 0 saturated heterocycles. The first-order valence-corrected chi connectivity index (χ1v) is 9.06. The number of anilines is 1. The zero-order valence-electron chi connectivity index (χ0n) is 15.2. The van der Waals surface area contributed by atoms with Gasteiger partial charge >= 0.3 is 0 Å². The molecule has 2 N–H and O–H groups in total. The van der Waals surface area contributed by atoms with Crippen LogP contribution in [0.2, 0.25) is 5.02 Å². The van der Waals surface area contributed by atoms with E-state index in [0.29, 0.717) is 27.8 Å². The smallest absolute Gasteiger partial charge is 0.251 e. The van der Waals surface area contributed by atoms with Gasteiger partial charge in [-0.05, 0) is 61.0 Å². The van der Waals surface area contributed by atoms with E-state index in [0.717, 1.165) is 5.56 Å². The number of hydrogen-bond acceptors (Lipinski definition) is 3. The molecule has 142 valence electrons. The molecule has 3 aromatic carbocycles. The number of nitrogens with one attached hydrogen (secondary N) is 2. The highest BCUT2D eigenvalue weighted by molar-refractivity contribution is 6.31. The second kappa shape index (κ2) is 9.06. The molecule has 0 aliphatic rings. The molecular weight excluding hydrogens is 376 g/mol. The van der Waals surface area contributed by atoms with Crippen LogP contribution in [-0.4, -0.2) is 18.4 Å². The van der Waals surface area contributed by atoms with E-state index in [9.17, 15) is 9.59 Å². The number of para-hydroxylation sites is 1. The second-order valence-corrected chi connectivity index (χ2v) is 6.57. The standard InChI is InChI=1S/C22H19ClN2O3/c1-15-7-10-17(23)13-20(15)25-21(26)14-24-22(27)16-8-11-19(12-9-16)28-18-5-3-2-4-6-18/h2-13H,14H2,1H3,(H,24,27)(H,25,26). The van der Waals surface area contributed by atoms with Gasteiger partial charge in [0.25, 0.3) is 5.91 Å². The summed E-state index contributed by atoms with van der Waals surface area (Å²) in [5.41, 5.74) is 1.94. The molecule has 0 aliphatic carbocycles. The first-order valence-electron chi connectivity index (χ1n) is 8.68. The van der Waals surface area contributed by atoms with Gasteiger partial charge in [0.1, 0.15) is 11.5 Å². The summed E-state index contributed by atoms with van der Waals surface area (Å²) in [6, 6.07) is 21.3. The van der Waals surface area contributed by atoms with E-state index in [1.807, 2.05) is 43.3 Å². The lowest BCUT2D eigenvalue weighted by molar-refractivity contribution is -0.115. The second-order valence-electron chi connectivity index (χ2n) is 6.13. The van der Waals surface area contributed by atoms with E-state index < -0.39 is 0 Å². The lowest BCUT2D eigenvalue weighted by Crippen LogP contribution is -2.32. The minimum absolute atomic E-state index is 0.146. The van der Waals surface area contributed by atoms with Crippen molar-refractivity contribution in [2.75, 3.05) is 11.9 Å². The number of amides is 2. The largest absolute Gasteiger partial charge is 0.457 e. The van der Waals surface area contributed by atoms with Gasteiger partial charge in [-0.25, -0.2) is 0 Å². The Bertz CT molecular complexity index is 973. The third-order valence-corrected chi connectivity index (χ3v) is 4.21. The molecule has 0 spiro atoms. The minimum Gasteiger partial charge on any atom is -0.457 e. The summed E-state index contributed by atoms with van der Waals surface area (Å²) in [7, 11) is 0. The average Bonchev–Trinajstić information content (AvgIpc) is 2.70. The zero-order valence-corrected chi connectivity index (χ0v) is 16.0. The first-order chi connectivity index (χ1) is 13.5. The van der Waals surface area contributed by atoms with E-state index in [1.54, 1.807) is 36.4 Å². The van der Waals surface area contributed by atoms with Gasteiger partial charge < -0.3 is 15.4 Å². The maximum absolute atomic E-state index is 12.2. The molecule has 28 heavy (non-hydrogen) atoms. The van der Waals surface area contributed by atoms with Gasteiger partial charge in [0.2, 0.25) is 5.91 Å². The summed E-state index contributed by atoms with van der Waals surface area (Å²) in [6.45, 7) is 1.72. The molecule has 0 aliphatic heterocycles. The van der Waals surface area contributed by atoms with Crippen LogP contribution in [0, 0.1) is 6.92 Å². The average molecular weight is 395 g/mol. The van der Waals surface area contributed by atoms with Gasteiger partial charge in [0.15, 0.2) is 0 Å². The summed E-state index contributed by atoms with van der Waals surface area (Å²) in [4.78, 5) is 24.3. The van der Waals surface area contributed by atoms with Crippen LogP contribution in [0.5, 0.6) is 11.5 Å². The van der Waals surface area contributed by atoms with Crippen molar-refractivity contribution in [2.24, 2.45) is 0 Å². The molecule has 0 heterocycles. The number of ether oxygens (including phenoxy) is 1. The molecule has 2 amide bonds. The number of carbonyl (C=O) groups excluding carboxylic acids is 2. The predicted molar refractivity (Wildman–Crippen MR) is 110 cm³/mol. The van der Waals surface area contributed by atoms with Crippen molar-refractivity contribution in [1.82, 2.24) is 5.32 Å². The van der Waals surface area contributed by atoms with Gasteiger partial charge in [-0.15, -0.1) is 0 Å². The summed E-state index contributed by atoms with van der Waals surface area (Å²) in [5.74, 6) is 0.664. The monoisotopic (exact) mass is 394 g/mol. The van der Waals surface area contributed by atoms with E-state index >= 15 is 0 Å². The van der Waals surface area contributed by atoms with E-state index in [1.165, 1.54) is 0 Å². The number of carbonyl (C=O) groups is 2. The summed E-state index contributed by atoms with van der Waals surface area (Å²) >= 11 is 5.94. The molecule has 0 fully saturated rings. The number of halogens is 1. The summed E-state index contributed by atoms with van der Waals surface area (Å²) < 4.78 is 5.69. The lowest BCUT2D eigenvalue weighted by atomic mass is 10.2. The Kier molecular flexibility index (Phi) is 6.29. The number of benzene rings is 3. The topological polar surface area (TPSA) is 67.4 Å². The van der Waals surface area contributed by atoms with E-state index in [-0.39, 0.29) is 18.4 Å². The molecule has 3 aromatic rings. The number of aryl methyl sites for hydroxylation is 1. The highest BCUT2D eigenvalue weighted by atomic mass is 35.5. The normalized spacial score (nSPS) is 10.2. The van der Waals surface area contributed by atoms with Gasteiger partial charge in [-0.2, -0.15) is 0 Å². The molecule has 0 aromatic heterocycles. The SMILES string of the molecule is Cc1ccc(Cl)cc1NC(=O)CNC(=O)c1ccc(Oc2ccccc2)cc1. The summed E-state index contributed by atoms with van der Waals surface area (Å²) in [5, 5.41) is 5.86. The molecule has 3 rings (SSSR count). The fourth-order valence-corrected chi connectivity index (χ4v) is 2.66. The van der Waals surface area contributed by atoms with Crippen LogP contribution >= 0.6 is 11.6 Å². The third-order valence-electron chi connectivity index (χ3n) is 3.98.